The highest BCUT2D eigenvalue weighted by atomic mass is 32.2. The first-order chi connectivity index (χ1) is 4.52. The average molecular weight is 161 g/mol. The van der Waals surface area contributed by atoms with Crippen molar-refractivity contribution in [2.24, 2.45) is 11.8 Å². The van der Waals surface area contributed by atoms with Gasteiger partial charge in [0.05, 0.1) is 0 Å². The molecule has 0 bridgehead atoms. The van der Waals surface area contributed by atoms with E-state index in [1.165, 1.54) is 0 Å². The van der Waals surface area contributed by atoms with Gasteiger partial charge >= 0.3 is 0 Å². The molecule has 0 radical (unpaired) electrons. The van der Waals surface area contributed by atoms with Crippen LogP contribution in [-0.2, 0) is 10.7 Å². The van der Waals surface area contributed by atoms with E-state index in [4.69, 9.17) is 4.78 Å². The molecule has 0 aromatic rings. The molecule has 0 aliphatic carbocycles. The van der Waals surface area contributed by atoms with Crippen molar-refractivity contribution in [2.75, 3.05) is 11.5 Å². The van der Waals surface area contributed by atoms with E-state index in [1.54, 1.807) is 0 Å². The monoisotopic (exact) mass is 161 g/mol. The Bertz CT molecular complexity index is 95.8. The molecule has 0 fully saturated rings. The van der Waals surface area contributed by atoms with Crippen molar-refractivity contribution in [2.45, 2.75) is 27.7 Å². The van der Waals surface area contributed by atoms with Crippen molar-refractivity contribution in [3.8, 4) is 0 Å². The fourth-order valence-corrected chi connectivity index (χ4v) is 2.62. The summed E-state index contributed by atoms with van der Waals surface area (Å²) in [5.74, 6) is 3.55. The summed E-state index contributed by atoms with van der Waals surface area (Å²) >= 11 is 0. The molecule has 62 valence electrons. The molecule has 0 aromatic carbocycles. The van der Waals surface area contributed by atoms with Crippen LogP contribution < -0.4 is 0 Å². The van der Waals surface area contributed by atoms with E-state index in [0.29, 0.717) is 11.8 Å². The maximum atomic E-state index is 7.66. The molecular formula is C8H19NS. The molecule has 0 saturated carbocycles. The first-order valence-electron chi connectivity index (χ1n) is 3.91. The molecule has 1 nitrogen and oxygen atoms in total. The summed E-state index contributed by atoms with van der Waals surface area (Å²) in [5.41, 5.74) is 0. The molecule has 0 heterocycles. The molecule has 0 unspecified atom stereocenters. The standard InChI is InChI=1S/C8H19NS/c1-7(2)5-10(9)6-8(3)4/h7-9H,5-6H2,1-4H3. The maximum absolute atomic E-state index is 7.66. The minimum Gasteiger partial charge on any atom is -0.280 e. The molecule has 0 aromatic heterocycles. The topological polar surface area (TPSA) is 23.9 Å². The van der Waals surface area contributed by atoms with Crippen LogP contribution in [-0.4, -0.2) is 11.5 Å². The fraction of sp³-hybridized carbons (Fsp3) is 1.00. The Morgan fingerprint density at radius 2 is 1.30 bits per heavy atom. The summed E-state index contributed by atoms with van der Waals surface area (Å²) in [4.78, 5) is 0. The van der Waals surface area contributed by atoms with Crippen molar-refractivity contribution in [1.29, 1.82) is 4.78 Å². The second-order valence-corrected chi connectivity index (χ2v) is 5.27. The molecule has 0 rings (SSSR count). The zero-order valence-corrected chi connectivity index (χ0v) is 8.29. The van der Waals surface area contributed by atoms with Crippen LogP contribution >= 0.6 is 0 Å². The summed E-state index contributed by atoms with van der Waals surface area (Å²) in [6, 6.07) is 0. The first-order valence-corrected chi connectivity index (χ1v) is 5.47. The average Bonchev–Trinajstić information content (AvgIpc) is 1.58. The van der Waals surface area contributed by atoms with E-state index in [9.17, 15) is 0 Å². The maximum Gasteiger partial charge on any atom is 0.00617 e. The largest absolute Gasteiger partial charge is 0.280 e. The molecule has 0 atom stereocenters. The van der Waals surface area contributed by atoms with Crippen LogP contribution in [0.1, 0.15) is 27.7 Å². The smallest absolute Gasteiger partial charge is 0.00617 e. The normalized spacial score (nSPS) is 11.9. The van der Waals surface area contributed by atoms with E-state index in [1.807, 2.05) is 0 Å². The van der Waals surface area contributed by atoms with Crippen molar-refractivity contribution < 1.29 is 0 Å². The van der Waals surface area contributed by atoms with Crippen molar-refractivity contribution in [3.63, 3.8) is 0 Å². The number of nitrogens with one attached hydrogen (secondary N) is 1. The van der Waals surface area contributed by atoms with Gasteiger partial charge < -0.3 is 0 Å². The van der Waals surface area contributed by atoms with Crippen LogP contribution in [0.2, 0.25) is 0 Å². The van der Waals surface area contributed by atoms with E-state index in [0.717, 1.165) is 11.5 Å². The molecular weight excluding hydrogens is 142 g/mol. The lowest BCUT2D eigenvalue weighted by atomic mass is 10.3. The predicted octanol–water partition coefficient (Wildman–Crippen LogP) is 2.68. The van der Waals surface area contributed by atoms with Gasteiger partial charge in [-0.1, -0.05) is 27.7 Å². The Hall–Kier alpha value is 0.150. The predicted molar refractivity (Wildman–Crippen MR) is 49.5 cm³/mol. The van der Waals surface area contributed by atoms with Gasteiger partial charge in [-0.2, -0.15) is 0 Å². The highest BCUT2D eigenvalue weighted by Gasteiger charge is 2.01. The third-order valence-corrected chi connectivity index (χ3v) is 3.21. The van der Waals surface area contributed by atoms with Crippen molar-refractivity contribution in [3.05, 3.63) is 0 Å². The quantitative estimate of drug-likeness (QED) is 0.655. The van der Waals surface area contributed by atoms with Crippen LogP contribution in [0.5, 0.6) is 0 Å². The van der Waals surface area contributed by atoms with Gasteiger partial charge in [0.1, 0.15) is 0 Å². The number of hydrogen-bond acceptors (Lipinski definition) is 1. The summed E-state index contributed by atoms with van der Waals surface area (Å²) < 4.78 is 7.66. The molecule has 10 heavy (non-hydrogen) atoms. The first kappa shape index (κ1) is 10.2. The van der Waals surface area contributed by atoms with Gasteiger partial charge in [-0.25, -0.2) is 0 Å². The number of rotatable bonds is 4. The second kappa shape index (κ2) is 4.89. The highest BCUT2D eigenvalue weighted by molar-refractivity contribution is 7.86. The molecule has 0 spiro atoms. The van der Waals surface area contributed by atoms with Gasteiger partial charge in [-0.15, -0.1) is 10.7 Å². The van der Waals surface area contributed by atoms with Crippen LogP contribution in [0.4, 0.5) is 0 Å². The third-order valence-electron chi connectivity index (χ3n) is 1.07. The Morgan fingerprint density at radius 1 is 1.00 bits per heavy atom. The van der Waals surface area contributed by atoms with Crippen molar-refractivity contribution in [1.82, 2.24) is 0 Å². The van der Waals surface area contributed by atoms with Gasteiger partial charge in [0.15, 0.2) is 0 Å². The Morgan fingerprint density at radius 3 is 1.50 bits per heavy atom. The van der Waals surface area contributed by atoms with Crippen LogP contribution in [0.3, 0.4) is 0 Å². The third kappa shape index (κ3) is 6.27. The lowest BCUT2D eigenvalue weighted by molar-refractivity contribution is 0.724. The van der Waals surface area contributed by atoms with E-state index < -0.39 is 0 Å². The molecule has 2 heteroatoms. The number of hydrogen-bond donors (Lipinski definition) is 1. The zero-order valence-electron chi connectivity index (χ0n) is 7.48. The lowest BCUT2D eigenvalue weighted by Gasteiger charge is -2.09. The SMILES string of the molecule is CC(C)CS(=N)CC(C)C. The summed E-state index contributed by atoms with van der Waals surface area (Å²) in [6.07, 6.45) is 0. The second-order valence-electron chi connectivity index (χ2n) is 3.61. The summed E-state index contributed by atoms with van der Waals surface area (Å²) in [5, 5.41) is 0. The fourth-order valence-electron chi connectivity index (χ4n) is 0.873. The lowest BCUT2D eigenvalue weighted by Crippen LogP contribution is -2.10. The van der Waals surface area contributed by atoms with Gasteiger partial charge in [-0.05, 0) is 11.8 Å². The van der Waals surface area contributed by atoms with Crippen LogP contribution in [0, 0.1) is 16.6 Å². The van der Waals surface area contributed by atoms with E-state index in [2.05, 4.69) is 27.7 Å². The zero-order chi connectivity index (χ0) is 8.15. The minimum atomic E-state index is -0.0802. The molecule has 1 N–H and O–H groups in total. The molecule has 0 amide bonds. The van der Waals surface area contributed by atoms with Gasteiger partial charge in [-0.3, -0.25) is 4.78 Å². The van der Waals surface area contributed by atoms with Crippen LogP contribution in [0.15, 0.2) is 0 Å². The van der Waals surface area contributed by atoms with Gasteiger partial charge in [0.25, 0.3) is 0 Å². The van der Waals surface area contributed by atoms with Gasteiger partial charge in [0.2, 0.25) is 0 Å². The molecule has 0 aliphatic heterocycles. The highest BCUT2D eigenvalue weighted by Crippen LogP contribution is 2.01. The Labute approximate surface area is 67.1 Å². The minimum absolute atomic E-state index is 0.0802. The Balaban J connectivity index is 3.44. The van der Waals surface area contributed by atoms with Gasteiger partial charge in [0, 0.05) is 11.5 Å². The molecule has 0 aliphatic rings. The van der Waals surface area contributed by atoms with Crippen LogP contribution in [0.25, 0.3) is 0 Å². The summed E-state index contributed by atoms with van der Waals surface area (Å²) in [7, 11) is -0.0802. The van der Waals surface area contributed by atoms with Crippen molar-refractivity contribution >= 4 is 10.7 Å². The van der Waals surface area contributed by atoms with E-state index >= 15 is 0 Å². The Kier molecular flexibility index (Phi) is 4.96. The van der Waals surface area contributed by atoms with E-state index in [-0.39, 0.29) is 10.7 Å². The summed E-state index contributed by atoms with van der Waals surface area (Å²) in [6.45, 7) is 8.76. The molecule has 0 saturated heterocycles.